The van der Waals surface area contributed by atoms with E-state index in [0.717, 1.165) is 29.5 Å². The minimum atomic E-state index is -0.939. The molecule has 1 aliphatic carbocycles. The van der Waals surface area contributed by atoms with Crippen LogP contribution in [0.3, 0.4) is 0 Å². The Kier molecular flexibility index (Phi) is 3.79. The molecule has 0 bridgehead atoms. The summed E-state index contributed by atoms with van der Waals surface area (Å²) in [6.45, 7) is 6.22. The largest absolute Gasteiger partial charge is 0.387 e. The Morgan fingerprint density at radius 2 is 1.83 bits per heavy atom. The summed E-state index contributed by atoms with van der Waals surface area (Å²) in [4.78, 5) is 0. The van der Waals surface area contributed by atoms with Crippen molar-refractivity contribution in [1.82, 2.24) is 0 Å². The van der Waals surface area contributed by atoms with E-state index in [1.54, 1.807) is 0 Å². The number of aryl methyl sites for hydroxylation is 2. The Hall–Kier alpha value is -0.860. The fourth-order valence-electron chi connectivity index (χ4n) is 2.88. The molecule has 1 aromatic carbocycles. The van der Waals surface area contributed by atoms with Gasteiger partial charge in [0, 0.05) is 0 Å². The Morgan fingerprint density at radius 1 is 1.22 bits per heavy atom. The van der Waals surface area contributed by atoms with Gasteiger partial charge in [0.25, 0.3) is 0 Å². The van der Waals surface area contributed by atoms with Gasteiger partial charge in [-0.25, -0.2) is 0 Å². The molecule has 0 amide bonds. The van der Waals surface area contributed by atoms with Gasteiger partial charge in [0.15, 0.2) is 0 Å². The molecule has 0 saturated heterocycles. The van der Waals surface area contributed by atoms with Crippen LogP contribution in [0.15, 0.2) is 18.2 Å². The second-order valence-electron chi connectivity index (χ2n) is 6.05. The van der Waals surface area contributed by atoms with Crippen molar-refractivity contribution >= 4 is 0 Å². The van der Waals surface area contributed by atoms with Crippen molar-refractivity contribution in [3.05, 3.63) is 34.9 Å². The fourth-order valence-corrected chi connectivity index (χ4v) is 2.88. The molecule has 0 heterocycles. The van der Waals surface area contributed by atoms with Crippen LogP contribution < -0.4 is 0 Å². The first kappa shape index (κ1) is 13.6. The van der Waals surface area contributed by atoms with Gasteiger partial charge in [-0.2, -0.15) is 0 Å². The van der Waals surface area contributed by atoms with E-state index in [4.69, 9.17) is 0 Å². The lowest BCUT2D eigenvalue weighted by Crippen LogP contribution is -2.40. The third-order valence-electron chi connectivity index (χ3n) is 4.38. The molecule has 1 aliphatic rings. The zero-order valence-corrected chi connectivity index (χ0v) is 11.6. The summed E-state index contributed by atoms with van der Waals surface area (Å²) in [6.07, 6.45) is 2.63. The number of rotatable bonds is 2. The molecule has 2 N–H and O–H groups in total. The summed E-state index contributed by atoms with van der Waals surface area (Å²) in [7, 11) is 0. The van der Waals surface area contributed by atoms with E-state index in [-0.39, 0.29) is 0 Å². The Balaban J connectivity index is 2.24. The number of hydrogen-bond donors (Lipinski definition) is 2. The number of hydrogen-bond acceptors (Lipinski definition) is 2. The first-order valence-electron chi connectivity index (χ1n) is 6.90. The van der Waals surface area contributed by atoms with Crippen molar-refractivity contribution in [2.24, 2.45) is 5.92 Å². The van der Waals surface area contributed by atoms with Crippen molar-refractivity contribution in [3.8, 4) is 0 Å². The van der Waals surface area contributed by atoms with E-state index in [1.807, 2.05) is 32.0 Å². The molecule has 1 unspecified atom stereocenters. The fraction of sp³-hybridized carbons (Fsp3) is 0.625. The predicted octanol–water partition coefficient (Wildman–Crippen LogP) is 3.28. The SMILES string of the molecule is Cc1ccc(C)c(C(O)C2(O)CCC(C)CC2)c1. The predicted molar refractivity (Wildman–Crippen MR) is 73.5 cm³/mol. The molecule has 0 radical (unpaired) electrons. The van der Waals surface area contributed by atoms with E-state index in [2.05, 4.69) is 6.92 Å². The molecule has 2 heteroatoms. The van der Waals surface area contributed by atoms with Crippen LogP contribution in [0, 0.1) is 19.8 Å². The molecule has 0 spiro atoms. The first-order valence-corrected chi connectivity index (χ1v) is 6.90. The second-order valence-corrected chi connectivity index (χ2v) is 6.05. The van der Waals surface area contributed by atoms with Crippen LogP contribution >= 0.6 is 0 Å². The topological polar surface area (TPSA) is 40.5 Å². The molecule has 1 fully saturated rings. The normalized spacial score (nSPS) is 30.2. The maximum atomic E-state index is 10.7. The highest BCUT2D eigenvalue weighted by Gasteiger charge is 2.39. The molecule has 18 heavy (non-hydrogen) atoms. The van der Waals surface area contributed by atoms with E-state index < -0.39 is 11.7 Å². The highest BCUT2D eigenvalue weighted by Crippen LogP contribution is 2.41. The molecule has 1 atom stereocenters. The lowest BCUT2D eigenvalue weighted by atomic mass is 9.74. The maximum absolute atomic E-state index is 10.7. The molecular formula is C16H24O2. The third-order valence-corrected chi connectivity index (χ3v) is 4.38. The molecule has 2 rings (SSSR count). The molecule has 0 aromatic heterocycles. The summed E-state index contributed by atoms with van der Waals surface area (Å²) in [5.41, 5.74) is 2.13. The second kappa shape index (κ2) is 5.02. The Morgan fingerprint density at radius 3 is 2.44 bits per heavy atom. The molecule has 2 nitrogen and oxygen atoms in total. The lowest BCUT2D eigenvalue weighted by Gasteiger charge is -2.39. The standard InChI is InChI=1S/C16H24O2/c1-11-6-8-16(18,9-7-11)15(17)14-10-12(2)4-5-13(14)3/h4-5,10-11,15,17-18H,6-9H2,1-3H3. The number of aliphatic hydroxyl groups excluding tert-OH is 1. The highest BCUT2D eigenvalue weighted by molar-refractivity contribution is 5.33. The molecule has 0 aliphatic heterocycles. The van der Waals surface area contributed by atoms with Crippen molar-refractivity contribution < 1.29 is 10.2 Å². The van der Waals surface area contributed by atoms with E-state index in [9.17, 15) is 10.2 Å². The van der Waals surface area contributed by atoms with Gasteiger partial charge in [-0.15, -0.1) is 0 Å². The van der Waals surface area contributed by atoms with Crippen molar-refractivity contribution in [2.75, 3.05) is 0 Å². The maximum Gasteiger partial charge on any atom is 0.108 e. The van der Waals surface area contributed by atoms with Crippen LogP contribution in [0.25, 0.3) is 0 Å². The van der Waals surface area contributed by atoms with Gasteiger partial charge in [0.05, 0.1) is 5.60 Å². The van der Waals surface area contributed by atoms with Gasteiger partial charge in [0.1, 0.15) is 6.10 Å². The van der Waals surface area contributed by atoms with Gasteiger partial charge in [-0.05, 0) is 56.6 Å². The average Bonchev–Trinajstić information content (AvgIpc) is 2.35. The van der Waals surface area contributed by atoms with Crippen molar-refractivity contribution in [1.29, 1.82) is 0 Å². The average molecular weight is 248 g/mol. The van der Waals surface area contributed by atoms with Crippen LogP contribution in [0.4, 0.5) is 0 Å². The smallest absolute Gasteiger partial charge is 0.108 e. The van der Waals surface area contributed by atoms with Crippen LogP contribution in [0.5, 0.6) is 0 Å². The van der Waals surface area contributed by atoms with Crippen molar-refractivity contribution in [3.63, 3.8) is 0 Å². The van der Waals surface area contributed by atoms with Gasteiger partial charge in [-0.3, -0.25) is 0 Å². The first-order chi connectivity index (χ1) is 8.42. The Bertz CT molecular complexity index is 417. The monoisotopic (exact) mass is 248 g/mol. The summed E-state index contributed by atoms with van der Waals surface area (Å²) in [5, 5.41) is 21.2. The zero-order chi connectivity index (χ0) is 13.3. The molecule has 1 saturated carbocycles. The van der Waals surface area contributed by atoms with E-state index in [0.29, 0.717) is 18.8 Å². The summed E-state index contributed by atoms with van der Waals surface area (Å²) < 4.78 is 0. The minimum Gasteiger partial charge on any atom is -0.387 e. The van der Waals surface area contributed by atoms with E-state index >= 15 is 0 Å². The van der Waals surface area contributed by atoms with E-state index in [1.165, 1.54) is 0 Å². The molecule has 100 valence electrons. The number of aliphatic hydroxyl groups is 2. The third kappa shape index (κ3) is 2.60. The zero-order valence-electron chi connectivity index (χ0n) is 11.6. The van der Waals surface area contributed by atoms with Gasteiger partial charge in [0.2, 0.25) is 0 Å². The van der Waals surface area contributed by atoms with Gasteiger partial charge < -0.3 is 10.2 Å². The highest BCUT2D eigenvalue weighted by atomic mass is 16.3. The summed E-state index contributed by atoms with van der Waals surface area (Å²) in [5.74, 6) is 0.663. The van der Waals surface area contributed by atoms with Gasteiger partial charge >= 0.3 is 0 Å². The summed E-state index contributed by atoms with van der Waals surface area (Å²) in [6, 6.07) is 6.05. The van der Waals surface area contributed by atoms with Crippen molar-refractivity contribution in [2.45, 2.75) is 58.2 Å². The van der Waals surface area contributed by atoms with Crippen LogP contribution in [0.2, 0.25) is 0 Å². The van der Waals surface area contributed by atoms with Gasteiger partial charge in [-0.1, -0.05) is 30.7 Å². The minimum absolute atomic E-state index is 0.663. The number of benzene rings is 1. The Labute approximate surface area is 110 Å². The molecule has 1 aromatic rings. The van der Waals surface area contributed by atoms with Crippen LogP contribution in [-0.2, 0) is 0 Å². The van der Waals surface area contributed by atoms with Crippen LogP contribution in [-0.4, -0.2) is 15.8 Å². The molecular weight excluding hydrogens is 224 g/mol. The lowest BCUT2D eigenvalue weighted by molar-refractivity contribution is -0.105. The summed E-state index contributed by atoms with van der Waals surface area (Å²) >= 11 is 0. The quantitative estimate of drug-likeness (QED) is 0.843. The van der Waals surface area contributed by atoms with Crippen LogP contribution in [0.1, 0.15) is 55.4 Å².